The number of hydrogen-bond donors (Lipinski definition) is 0. The lowest BCUT2D eigenvalue weighted by Crippen LogP contribution is -2.26. The minimum Gasteiger partial charge on any atom is -0.277 e. The summed E-state index contributed by atoms with van der Waals surface area (Å²) >= 11 is 2.90. The maximum atomic E-state index is 11.6. The Morgan fingerprint density at radius 2 is 1.36 bits per heavy atom. The second-order valence-electron chi connectivity index (χ2n) is 2.69. The lowest BCUT2D eigenvalue weighted by atomic mass is 10.5. The van der Waals surface area contributed by atoms with Crippen LogP contribution in [0.25, 0.3) is 0 Å². The van der Waals surface area contributed by atoms with E-state index in [4.69, 9.17) is 0 Å². The van der Waals surface area contributed by atoms with Gasteiger partial charge in [-0.25, -0.2) is 0 Å². The minimum atomic E-state index is -0.155. The van der Waals surface area contributed by atoms with Crippen LogP contribution < -0.4 is 0 Å². The number of carbonyl (C=O) groups excluding carboxylic acids is 2. The third kappa shape index (κ3) is 1.98. The monoisotopic (exact) mass is 231 g/mol. The van der Waals surface area contributed by atoms with Crippen LogP contribution in [0.1, 0.15) is 13.8 Å². The Bertz CT molecular complexity index is 271. The van der Waals surface area contributed by atoms with E-state index in [0.717, 1.165) is 11.5 Å². The molecule has 0 spiro atoms. The molecule has 3 nitrogen and oxygen atoms in total. The fraction of sp³-hybridized carbons (Fsp3) is 0.556. The Kier molecular flexibility index (Phi) is 4.07. The van der Waals surface area contributed by atoms with E-state index in [1.165, 1.54) is 35.5 Å². The molecule has 78 valence electrons. The van der Waals surface area contributed by atoms with Crippen LogP contribution in [0.4, 0.5) is 0 Å². The molecule has 0 saturated carbocycles. The summed E-state index contributed by atoms with van der Waals surface area (Å²) < 4.78 is 0. The van der Waals surface area contributed by atoms with E-state index >= 15 is 0 Å². The Morgan fingerprint density at radius 3 is 1.64 bits per heavy atom. The van der Waals surface area contributed by atoms with Gasteiger partial charge in [-0.05, 0) is 11.5 Å². The van der Waals surface area contributed by atoms with Gasteiger partial charge in [-0.1, -0.05) is 13.8 Å². The zero-order valence-electron chi connectivity index (χ0n) is 8.49. The molecule has 0 aromatic heterocycles. The molecule has 1 aliphatic rings. The second kappa shape index (κ2) is 4.89. The molecule has 1 heterocycles. The first-order valence-electron chi connectivity index (χ1n) is 4.45. The fourth-order valence-corrected chi connectivity index (χ4v) is 3.02. The molecule has 14 heavy (non-hydrogen) atoms. The maximum absolute atomic E-state index is 11.6. The molecule has 0 fully saturated rings. The molecule has 1 aliphatic heterocycles. The smallest absolute Gasteiger partial charge is 0.268 e. The van der Waals surface area contributed by atoms with Crippen molar-refractivity contribution in [2.75, 3.05) is 18.6 Å². The van der Waals surface area contributed by atoms with E-state index in [1.54, 1.807) is 0 Å². The van der Waals surface area contributed by atoms with Crippen molar-refractivity contribution in [3.63, 3.8) is 0 Å². The zero-order chi connectivity index (χ0) is 10.7. The predicted molar refractivity (Wildman–Crippen MR) is 61.1 cm³/mol. The van der Waals surface area contributed by atoms with Gasteiger partial charge < -0.3 is 0 Å². The van der Waals surface area contributed by atoms with Crippen molar-refractivity contribution >= 4 is 35.3 Å². The summed E-state index contributed by atoms with van der Waals surface area (Å²) in [6.45, 7) is 3.95. The number of rotatable bonds is 4. The van der Waals surface area contributed by atoms with E-state index in [-0.39, 0.29) is 11.8 Å². The van der Waals surface area contributed by atoms with Crippen LogP contribution in [0.3, 0.4) is 0 Å². The van der Waals surface area contributed by atoms with Crippen molar-refractivity contribution < 1.29 is 9.59 Å². The first kappa shape index (κ1) is 11.7. The molecule has 0 unspecified atom stereocenters. The highest BCUT2D eigenvalue weighted by molar-refractivity contribution is 8.08. The predicted octanol–water partition coefficient (Wildman–Crippen LogP) is 1.70. The third-order valence-electron chi connectivity index (χ3n) is 1.78. The first-order valence-corrected chi connectivity index (χ1v) is 6.42. The van der Waals surface area contributed by atoms with E-state index in [0.29, 0.717) is 9.81 Å². The lowest BCUT2D eigenvalue weighted by Gasteiger charge is -2.05. The van der Waals surface area contributed by atoms with Gasteiger partial charge in [-0.3, -0.25) is 14.5 Å². The average molecular weight is 231 g/mol. The van der Waals surface area contributed by atoms with Crippen LogP contribution in [0.5, 0.6) is 0 Å². The molecule has 5 heteroatoms. The number of amides is 2. The van der Waals surface area contributed by atoms with Crippen LogP contribution in [-0.4, -0.2) is 35.3 Å². The highest BCUT2D eigenvalue weighted by Crippen LogP contribution is 2.35. The summed E-state index contributed by atoms with van der Waals surface area (Å²) in [6.07, 6.45) is 0. The summed E-state index contributed by atoms with van der Waals surface area (Å²) in [5.74, 6) is 1.32. The van der Waals surface area contributed by atoms with Crippen LogP contribution in [0, 0.1) is 0 Å². The minimum absolute atomic E-state index is 0.155. The Hall–Kier alpha value is -0.420. The topological polar surface area (TPSA) is 37.4 Å². The number of hydrogen-bond acceptors (Lipinski definition) is 4. The van der Waals surface area contributed by atoms with E-state index in [2.05, 4.69) is 0 Å². The molecule has 1 rings (SSSR count). The van der Waals surface area contributed by atoms with Crippen LogP contribution in [0.15, 0.2) is 9.81 Å². The molecule has 0 aromatic carbocycles. The van der Waals surface area contributed by atoms with Gasteiger partial charge in [0.1, 0.15) is 0 Å². The van der Waals surface area contributed by atoms with E-state index in [9.17, 15) is 9.59 Å². The van der Waals surface area contributed by atoms with Crippen molar-refractivity contribution in [1.82, 2.24) is 4.90 Å². The van der Waals surface area contributed by atoms with E-state index in [1.807, 2.05) is 13.8 Å². The number of nitrogens with zero attached hydrogens (tertiary/aromatic N) is 1. The number of imide groups is 1. The van der Waals surface area contributed by atoms with Crippen molar-refractivity contribution in [3.8, 4) is 0 Å². The standard InChI is InChI=1S/C9H13NO2S2/c1-4-13-6-7(14-5-2)9(12)10(3)8(6)11/h4-5H2,1-3H3. The van der Waals surface area contributed by atoms with Gasteiger partial charge in [0.05, 0.1) is 9.81 Å². The average Bonchev–Trinajstić information content (AvgIpc) is 2.36. The molecule has 0 N–H and O–H groups in total. The number of carbonyl (C=O) groups is 2. The van der Waals surface area contributed by atoms with Gasteiger partial charge in [0.15, 0.2) is 0 Å². The summed E-state index contributed by atoms with van der Waals surface area (Å²) in [7, 11) is 1.53. The summed E-state index contributed by atoms with van der Waals surface area (Å²) in [5.41, 5.74) is 0. The van der Waals surface area contributed by atoms with Crippen molar-refractivity contribution in [2.45, 2.75) is 13.8 Å². The van der Waals surface area contributed by atoms with Crippen LogP contribution in [-0.2, 0) is 9.59 Å². The highest BCUT2D eigenvalue weighted by Gasteiger charge is 2.35. The third-order valence-corrected chi connectivity index (χ3v) is 3.82. The van der Waals surface area contributed by atoms with Gasteiger partial charge in [0.25, 0.3) is 11.8 Å². The molecule has 0 saturated heterocycles. The molecule has 0 aliphatic carbocycles. The van der Waals surface area contributed by atoms with Crippen LogP contribution >= 0.6 is 23.5 Å². The van der Waals surface area contributed by atoms with Crippen LogP contribution in [0.2, 0.25) is 0 Å². The van der Waals surface area contributed by atoms with Crippen molar-refractivity contribution in [3.05, 3.63) is 9.81 Å². The van der Waals surface area contributed by atoms with Gasteiger partial charge in [-0.2, -0.15) is 0 Å². The largest absolute Gasteiger partial charge is 0.277 e. The highest BCUT2D eigenvalue weighted by atomic mass is 32.2. The zero-order valence-corrected chi connectivity index (χ0v) is 10.1. The number of likely N-dealkylation sites (N-methyl/N-ethyl adjacent to an activating group) is 1. The quantitative estimate of drug-likeness (QED) is 0.690. The maximum Gasteiger partial charge on any atom is 0.268 e. The first-order chi connectivity index (χ1) is 6.63. The van der Waals surface area contributed by atoms with Gasteiger partial charge in [-0.15, -0.1) is 23.5 Å². The lowest BCUT2D eigenvalue weighted by molar-refractivity contribution is -0.135. The molecule has 0 atom stereocenters. The van der Waals surface area contributed by atoms with E-state index < -0.39 is 0 Å². The SMILES string of the molecule is CCSC1=C(SCC)C(=O)N(C)C1=O. The fourth-order valence-electron chi connectivity index (χ4n) is 1.13. The van der Waals surface area contributed by atoms with Gasteiger partial charge >= 0.3 is 0 Å². The summed E-state index contributed by atoms with van der Waals surface area (Å²) in [5, 5.41) is 0. The Balaban J connectivity index is 2.98. The Labute approximate surface area is 92.3 Å². The van der Waals surface area contributed by atoms with Gasteiger partial charge in [0, 0.05) is 7.05 Å². The molecular weight excluding hydrogens is 218 g/mol. The van der Waals surface area contributed by atoms with Crippen molar-refractivity contribution in [1.29, 1.82) is 0 Å². The van der Waals surface area contributed by atoms with Gasteiger partial charge in [0.2, 0.25) is 0 Å². The molecular formula is C9H13NO2S2. The normalized spacial score (nSPS) is 17.2. The second-order valence-corrected chi connectivity index (χ2v) is 5.24. The molecule has 2 amide bonds. The molecule has 0 bridgehead atoms. The summed E-state index contributed by atoms with van der Waals surface area (Å²) in [4.78, 5) is 25.6. The molecule has 0 aromatic rings. The molecule has 0 radical (unpaired) electrons. The summed E-state index contributed by atoms with van der Waals surface area (Å²) in [6, 6.07) is 0. The number of thioether (sulfide) groups is 2. The Morgan fingerprint density at radius 1 is 1.00 bits per heavy atom. The van der Waals surface area contributed by atoms with Crippen molar-refractivity contribution in [2.24, 2.45) is 0 Å².